The van der Waals surface area contributed by atoms with Crippen LogP contribution >= 0.6 is 0 Å². The van der Waals surface area contributed by atoms with E-state index in [4.69, 9.17) is 10.2 Å². The molecule has 3 N–H and O–H groups in total. The molecule has 0 fully saturated rings. The van der Waals surface area contributed by atoms with Gasteiger partial charge in [-0.05, 0) is 6.42 Å². The van der Waals surface area contributed by atoms with E-state index >= 15 is 0 Å². The monoisotopic (exact) mass is 147 g/mol. The molecule has 0 aliphatic carbocycles. The van der Waals surface area contributed by atoms with E-state index in [9.17, 15) is 4.79 Å². The van der Waals surface area contributed by atoms with Crippen molar-refractivity contribution < 1.29 is 15.0 Å². The van der Waals surface area contributed by atoms with Crippen molar-refractivity contribution in [3.63, 3.8) is 0 Å². The lowest BCUT2D eigenvalue weighted by atomic mass is 10.2. The fraction of sp³-hybridized carbons (Fsp3) is 0.833. The summed E-state index contributed by atoms with van der Waals surface area (Å²) in [7, 11) is 0. The Morgan fingerprint density at radius 1 is 1.60 bits per heavy atom. The van der Waals surface area contributed by atoms with E-state index in [0.717, 1.165) is 6.42 Å². The molecule has 0 saturated heterocycles. The van der Waals surface area contributed by atoms with Crippen LogP contribution < -0.4 is 5.32 Å². The van der Waals surface area contributed by atoms with Gasteiger partial charge >= 0.3 is 0 Å². The lowest BCUT2D eigenvalue weighted by molar-refractivity contribution is -0.189. The van der Waals surface area contributed by atoms with Crippen molar-refractivity contribution in [1.29, 1.82) is 0 Å². The van der Waals surface area contributed by atoms with Gasteiger partial charge in [0.2, 0.25) is 12.3 Å². The summed E-state index contributed by atoms with van der Waals surface area (Å²) in [6.45, 7) is 1.93. The first kappa shape index (κ1) is 9.39. The summed E-state index contributed by atoms with van der Waals surface area (Å²) in [5.41, 5.74) is 0. The summed E-state index contributed by atoms with van der Waals surface area (Å²) < 4.78 is 0. The fourth-order valence-electron chi connectivity index (χ4n) is 0.590. The quantitative estimate of drug-likeness (QED) is 0.365. The summed E-state index contributed by atoms with van der Waals surface area (Å²) >= 11 is 0. The number of unbranched alkanes of at least 4 members (excludes halogenated alkanes) is 1. The maximum absolute atomic E-state index is 9.75. The second kappa shape index (κ2) is 4.24. The highest BCUT2D eigenvalue weighted by Gasteiger charge is 2.19. The van der Waals surface area contributed by atoms with E-state index in [2.05, 4.69) is 0 Å². The molecule has 0 bridgehead atoms. The molecule has 0 rings (SSSR count). The van der Waals surface area contributed by atoms with Crippen LogP contribution in [0.2, 0.25) is 0 Å². The van der Waals surface area contributed by atoms with Gasteiger partial charge in [0.25, 0.3) is 0 Å². The average Bonchev–Trinajstić information content (AvgIpc) is 1.84. The first-order valence-corrected chi connectivity index (χ1v) is 3.28. The van der Waals surface area contributed by atoms with Crippen molar-refractivity contribution in [2.45, 2.75) is 32.1 Å². The van der Waals surface area contributed by atoms with Crippen LogP contribution in [0.5, 0.6) is 0 Å². The van der Waals surface area contributed by atoms with E-state index in [0.29, 0.717) is 6.42 Å². The van der Waals surface area contributed by atoms with Crippen molar-refractivity contribution in [3.8, 4) is 0 Å². The molecule has 0 saturated carbocycles. The summed E-state index contributed by atoms with van der Waals surface area (Å²) in [6.07, 6.45) is 1.98. The maximum atomic E-state index is 9.75. The van der Waals surface area contributed by atoms with Crippen LogP contribution in [0.25, 0.3) is 0 Å². The standard InChI is InChI=1S/C6H13NO3/c1-2-3-4-6(9,10)7-5-8/h5,9-10H,2-4H2,1H3,(H,7,8). The highest BCUT2D eigenvalue weighted by molar-refractivity contribution is 5.46. The number of carbonyl (C=O) groups is 1. The Morgan fingerprint density at radius 3 is 2.60 bits per heavy atom. The minimum Gasteiger partial charge on any atom is -0.349 e. The summed E-state index contributed by atoms with van der Waals surface area (Å²) in [5.74, 6) is -2.02. The lowest BCUT2D eigenvalue weighted by Crippen LogP contribution is -2.43. The van der Waals surface area contributed by atoms with Gasteiger partial charge in [-0.3, -0.25) is 4.79 Å². The molecule has 0 heterocycles. The SMILES string of the molecule is CCCCC(O)(O)NC=O. The minimum absolute atomic E-state index is 0.169. The molecule has 10 heavy (non-hydrogen) atoms. The smallest absolute Gasteiger partial charge is 0.246 e. The van der Waals surface area contributed by atoms with E-state index in [1.165, 1.54) is 0 Å². The number of nitrogens with one attached hydrogen (secondary N) is 1. The van der Waals surface area contributed by atoms with Crippen LogP contribution in [-0.2, 0) is 4.79 Å². The number of amides is 1. The Kier molecular flexibility index (Phi) is 3.99. The van der Waals surface area contributed by atoms with Crippen LogP contribution in [0.4, 0.5) is 0 Å². The number of hydrogen-bond acceptors (Lipinski definition) is 3. The van der Waals surface area contributed by atoms with E-state index < -0.39 is 5.91 Å². The molecule has 4 heteroatoms. The van der Waals surface area contributed by atoms with Crippen LogP contribution in [0.3, 0.4) is 0 Å². The zero-order valence-electron chi connectivity index (χ0n) is 6.00. The van der Waals surface area contributed by atoms with Gasteiger partial charge in [0.15, 0.2) is 0 Å². The number of aliphatic hydroxyl groups is 2. The predicted molar refractivity (Wildman–Crippen MR) is 35.9 cm³/mol. The van der Waals surface area contributed by atoms with Crippen molar-refractivity contribution in [3.05, 3.63) is 0 Å². The topological polar surface area (TPSA) is 69.6 Å². The van der Waals surface area contributed by atoms with Gasteiger partial charge in [-0.2, -0.15) is 0 Å². The predicted octanol–water partition coefficient (Wildman–Crippen LogP) is -0.439. The molecule has 0 unspecified atom stereocenters. The molecule has 0 aromatic rings. The zero-order chi connectivity index (χ0) is 8.04. The lowest BCUT2D eigenvalue weighted by Gasteiger charge is -2.19. The van der Waals surface area contributed by atoms with Gasteiger partial charge in [0.1, 0.15) is 0 Å². The largest absolute Gasteiger partial charge is 0.349 e. The Labute approximate surface area is 59.9 Å². The molecule has 0 aliphatic heterocycles. The number of rotatable bonds is 5. The third-order valence-corrected chi connectivity index (χ3v) is 1.17. The Hall–Kier alpha value is -0.610. The van der Waals surface area contributed by atoms with Crippen LogP contribution in [-0.4, -0.2) is 22.5 Å². The van der Waals surface area contributed by atoms with Gasteiger partial charge in [0.05, 0.1) is 0 Å². The van der Waals surface area contributed by atoms with Crippen LogP contribution in [0, 0.1) is 0 Å². The molecule has 0 aromatic heterocycles. The second-order valence-corrected chi connectivity index (χ2v) is 2.18. The molecule has 0 radical (unpaired) electrons. The molecule has 0 aromatic carbocycles. The number of hydrogen-bond donors (Lipinski definition) is 3. The van der Waals surface area contributed by atoms with Gasteiger partial charge in [-0.15, -0.1) is 0 Å². The highest BCUT2D eigenvalue weighted by Crippen LogP contribution is 2.05. The molecular formula is C6H13NO3. The molecule has 0 spiro atoms. The average molecular weight is 147 g/mol. The van der Waals surface area contributed by atoms with Gasteiger partial charge < -0.3 is 15.5 Å². The van der Waals surface area contributed by atoms with Gasteiger partial charge in [0, 0.05) is 6.42 Å². The van der Waals surface area contributed by atoms with Gasteiger partial charge in [-0.25, -0.2) is 0 Å². The Bertz CT molecular complexity index is 103. The maximum Gasteiger partial charge on any atom is 0.246 e. The van der Waals surface area contributed by atoms with E-state index in [1.807, 2.05) is 12.2 Å². The molecule has 0 aliphatic rings. The van der Waals surface area contributed by atoms with Crippen molar-refractivity contribution >= 4 is 6.41 Å². The van der Waals surface area contributed by atoms with E-state index in [-0.39, 0.29) is 12.8 Å². The van der Waals surface area contributed by atoms with Crippen molar-refractivity contribution in [1.82, 2.24) is 5.32 Å². The highest BCUT2D eigenvalue weighted by atomic mass is 16.5. The number of carbonyl (C=O) groups excluding carboxylic acids is 1. The zero-order valence-corrected chi connectivity index (χ0v) is 6.00. The molecule has 0 atom stereocenters. The van der Waals surface area contributed by atoms with Gasteiger partial charge in [-0.1, -0.05) is 13.3 Å². The minimum atomic E-state index is -2.02. The molecular weight excluding hydrogens is 134 g/mol. The van der Waals surface area contributed by atoms with Crippen molar-refractivity contribution in [2.75, 3.05) is 0 Å². The summed E-state index contributed by atoms with van der Waals surface area (Å²) in [6, 6.07) is 0. The molecule has 60 valence electrons. The van der Waals surface area contributed by atoms with Crippen LogP contribution in [0.1, 0.15) is 26.2 Å². The van der Waals surface area contributed by atoms with Crippen molar-refractivity contribution in [2.24, 2.45) is 0 Å². The first-order chi connectivity index (χ1) is 4.62. The Morgan fingerprint density at radius 2 is 2.20 bits per heavy atom. The molecule has 4 nitrogen and oxygen atoms in total. The third-order valence-electron chi connectivity index (χ3n) is 1.17. The summed E-state index contributed by atoms with van der Waals surface area (Å²) in [5, 5.41) is 19.6. The summed E-state index contributed by atoms with van der Waals surface area (Å²) in [4.78, 5) is 9.75. The fourth-order valence-corrected chi connectivity index (χ4v) is 0.590. The Balaban J connectivity index is 3.51. The second-order valence-electron chi connectivity index (χ2n) is 2.18. The molecule has 1 amide bonds. The third kappa shape index (κ3) is 4.29. The normalized spacial score (nSPS) is 11.1. The van der Waals surface area contributed by atoms with E-state index in [1.54, 1.807) is 0 Å². The van der Waals surface area contributed by atoms with Crippen LogP contribution in [0.15, 0.2) is 0 Å². The first-order valence-electron chi connectivity index (χ1n) is 3.28.